The van der Waals surface area contributed by atoms with Crippen LogP contribution < -0.4 is 9.80 Å². The topological polar surface area (TPSA) is 32.3 Å². The Morgan fingerprint density at radius 1 is 1.32 bits per heavy atom. The standard InChI is InChI=1S/C18H29F2N4P/c1-6-12(2)11-23(5)16-13(3)17(22-14(4)21-16)24-9-7-15(8-10-24)18(19,20)25/h11,15H,6-10,25H2,1-5H3/b12-11+. The Kier molecular flexibility index (Phi) is 6.36. The summed E-state index contributed by atoms with van der Waals surface area (Å²) >= 11 is 0. The summed E-state index contributed by atoms with van der Waals surface area (Å²) < 4.78 is 27.0. The molecule has 1 aromatic rings. The summed E-state index contributed by atoms with van der Waals surface area (Å²) in [6.45, 7) is 9.29. The van der Waals surface area contributed by atoms with Gasteiger partial charge >= 0.3 is 0 Å². The molecular formula is C18H29F2N4P. The van der Waals surface area contributed by atoms with Gasteiger partial charge in [-0.25, -0.2) is 18.7 Å². The molecule has 1 saturated heterocycles. The smallest absolute Gasteiger partial charge is 0.261 e. The van der Waals surface area contributed by atoms with E-state index in [1.807, 2.05) is 25.8 Å². The molecule has 0 N–H and O–H groups in total. The van der Waals surface area contributed by atoms with Crippen LogP contribution in [0.2, 0.25) is 0 Å². The molecule has 1 fully saturated rings. The van der Waals surface area contributed by atoms with Crippen molar-refractivity contribution in [3.63, 3.8) is 0 Å². The summed E-state index contributed by atoms with van der Waals surface area (Å²) in [5.74, 6) is 1.86. The molecule has 1 unspecified atom stereocenters. The number of halogens is 2. The second kappa shape index (κ2) is 7.94. The van der Waals surface area contributed by atoms with Crippen molar-refractivity contribution >= 4 is 20.9 Å². The minimum atomic E-state index is -2.68. The van der Waals surface area contributed by atoms with Crippen LogP contribution in [0.5, 0.6) is 0 Å². The summed E-state index contributed by atoms with van der Waals surface area (Å²) in [6.07, 6.45) is 4.01. The SMILES string of the molecule is CC/C(C)=C/N(C)c1nc(C)nc(N2CCC(C(F)(F)P)CC2)c1C. The van der Waals surface area contributed by atoms with Crippen molar-refractivity contribution in [2.45, 2.75) is 52.6 Å². The number of nitrogens with zero attached hydrogens (tertiary/aromatic N) is 4. The summed E-state index contributed by atoms with van der Waals surface area (Å²) in [6, 6.07) is 0. The van der Waals surface area contributed by atoms with Crippen LogP contribution in [-0.2, 0) is 0 Å². The lowest BCUT2D eigenvalue weighted by molar-refractivity contribution is 0.0245. The van der Waals surface area contributed by atoms with Crippen molar-refractivity contribution in [2.75, 3.05) is 29.9 Å². The van der Waals surface area contributed by atoms with Crippen molar-refractivity contribution in [3.8, 4) is 0 Å². The molecular weight excluding hydrogens is 341 g/mol. The van der Waals surface area contributed by atoms with Crippen molar-refractivity contribution in [3.05, 3.63) is 23.2 Å². The third-order valence-electron chi connectivity index (χ3n) is 4.85. The van der Waals surface area contributed by atoms with Crippen LogP contribution in [0, 0.1) is 19.8 Å². The van der Waals surface area contributed by atoms with E-state index in [2.05, 4.69) is 34.9 Å². The summed E-state index contributed by atoms with van der Waals surface area (Å²) in [5, 5.41) is 0. The number of rotatable bonds is 5. The molecule has 0 spiro atoms. The van der Waals surface area contributed by atoms with Crippen molar-refractivity contribution in [1.82, 2.24) is 9.97 Å². The van der Waals surface area contributed by atoms with E-state index in [1.54, 1.807) is 9.24 Å². The van der Waals surface area contributed by atoms with Gasteiger partial charge in [0.25, 0.3) is 5.66 Å². The number of aryl methyl sites for hydroxylation is 1. The predicted octanol–water partition coefficient (Wildman–Crippen LogP) is 4.53. The normalized spacial score (nSPS) is 17.1. The van der Waals surface area contributed by atoms with Gasteiger partial charge in [-0.15, -0.1) is 0 Å². The summed E-state index contributed by atoms with van der Waals surface area (Å²) in [5.41, 5.74) is -0.427. The first-order chi connectivity index (χ1) is 11.6. The van der Waals surface area contributed by atoms with E-state index in [-0.39, 0.29) is 0 Å². The van der Waals surface area contributed by atoms with Crippen LogP contribution in [0.1, 0.15) is 44.5 Å². The summed E-state index contributed by atoms with van der Waals surface area (Å²) in [7, 11) is 3.67. The molecule has 0 aromatic carbocycles. The van der Waals surface area contributed by atoms with Gasteiger partial charge < -0.3 is 9.80 Å². The fourth-order valence-electron chi connectivity index (χ4n) is 3.21. The third kappa shape index (κ3) is 4.87. The van der Waals surface area contributed by atoms with Crippen LogP contribution in [0.4, 0.5) is 20.4 Å². The van der Waals surface area contributed by atoms with Gasteiger partial charge in [0, 0.05) is 37.8 Å². The number of piperidine rings is 1. The highest BCUT2D eigenvalue weighted by atomic mass is 31.0. The van der Waals surface area contributed by atoms with Crippen LogP contribution in [0.3, 0.4) is 0 Å². The van der Waals surface area contributed by atoms with Gasteiger partial charge in [-0.1, -0.05) is 21.7 Å². The predicted molar refractivity (Wildman–Crippen MR) is 104 cm³/mol. The Morgan fingerprint density at radius 3 is 2.44 bits per heavy atom. The Labute approximate surface area is 151 Å². The minimum absolute atomic E-state index is 0.471. The Balaban J connectivity index is 2.26. The molecule has 1 aliphatic heterocycles. The second-order valence-electron chi connectivity index (χ2n) is 6.92. The molecule has 140 valence electrons. The molecule has 1 atom stereocenters. The Hall–Kier alpha value is -1.29. The van der Waals surface area contributed by atoms with Gasteiger partial charge in [-0.2, -0.15) is 0 Å². The number of alkyl halides is 2. The van der Waals surface area contributed by atoms with E-state index in [0.717, 1.165) is 23.6 Å². The molecule has 0 bridgehead atoms. The lowest BCUT2D eigenvalue weighted by Crippen LogP contribution is -2.39. The average molecular weight is 370 g/mol. The lowest BCUT2D eigenvalue weighted by atomic mass is 9.97. The molecule has 2 rings (SSSR count). The van der Waals surface area contributed by atoms with E-state index in [1.165, 1.54) is 5.57 Å². The van der Waals surface area contributed by atoms with E-state index in [0.29, 0.717) is 31.8 Å². The van der Waals surface area contributed by atoms with Gasteiger partial charge in [0.15, 0.2) is 0 Å². The Morgan fingerprint density at radius 2 is 1.92 bits per heavy atom. The second-order valence-corrected chi connectivity index (χ2v) is 7.69. The van der Waals surface area contributed by atoms with Crippen molar-refractivity contribution < 1.29 is 8.78 Å². The first-order valence-corrected chi connectivity index (χ1v) is 9.38. The molecule has 25 heavy (non-hydrogen) atoms. The van der Waals surface area contributed by atoms with Crippen LogP contribution in [0.15, 0.2) is 11.8 Å². The first-order valence-electron chi connectivity index (χ1n) is 8.80. The highest BCUT2D eigenvalue weighted by Crippen LogP contribution is 2.39. The number of hydrogen-bond acceptors (Lipinski definition) is 4. The molecule has 1 aromatic heterocycles. The number of allylic oxidation sites excluding steroid dienone is 1. The zero-order chi connectivity index (χ0) is 18.8. The molecule has 7 heteroatoms. The van der Waals surface area contributed by atoms with Crippen molar-refractivity contribution in [2.24, 2.45) is 5.92 Å². The molecule has 1 aliphatic rings. The molecule has 0 aliphatic carbocycles. The summed E-state index contributed by atoms with van der Waals surface area (Å²) in [4.78, 5) is 13.3. The van der Waals surface area contributed by atoms with E-state index < -0.39 is 11.6 Å². The first kappa shape index (κ1) is 20.0. The van der Waals surface area contributed by atoms with E-state index >= 15 is 0 Å². The van der Waals surface area contributed by atoms with Crippen LogP contribution in [-0.4, -0.2) is 35.8 Å². The van der Waals surface area contributed by atoms with Gasteiger partial charge in [-0.3, -0.25) is 0 Å². The van der Waals surface area contributed by atoms with Gasteiger partial charge in [0.1, 0.15) is 17.5 Å². The van der Waals surface area contributed by atoms with Crippen LogP contribution in [0.25, 0.3) is 0 Å². The average Bonchev–Trinajstić information content (AvgIpc) is 2.55. The quantitative estimate of drug-likeness (QED) is 0.713. The minimum Gasteiger partial charge on any atom is -0.356 e. The maximum Gasteiger partial charge on any atom is 0.261 e. The lowest BCUT2D eigenvalue weighted by Gasteiger charge is -2.36. The van der Waals surface area contributed by atoms with Gasteiger partial charge in [-0.05, 0) is 40.0 Å². The maximum absolute atomic E-state index is 13.5. The van der Waals surface area contributed by atoms with Gasteiger partial charge in [0.05, 0.1) is 0 Å². The maximum atomic E-state index is 13.5. The van der Waals surface area contributed by atoms with Gasteiger partial charge in [0.2, 0.25) is 0 Å². The van der Waals surface area contributed by atoms with E-state index in [9.17, 15) is 8.78 Å². The zero-order valence-electron chi connectivity index (χ0n) is 15.8. The number of aromatic nitrogens is 2. The molecule has 4 nitrogen and oxygen atoms in total. The highest BCUT2D eigenvalue weighted by molar-refractivity contribution is 7.18. The number of hydrogen-bond donors (Lipinski definition) is 0. The highest BCUT2D eigenvalue weighted by Gasteiger charge is 2.37. The third-order valence-corrected chi connectivity index (χ3v) is 5.32. The fraction of sp³-hybridized carbons (Fsp3) is 0.667. The monoisotopic (exact) mass is 370 g/mol. The molecule has 2 heterocycles. The van der Waals surface area contributed by atoms with Crippen LogP contribution >= 0.6 is 9.24 Å². The number of anilines is 2. The molecule has 0 amide bonds. The van der Waals surface area contributed by atoms with E-state index in [4.69, 9.17) is 0 Å². The van der Waals surface area contributed by atoms with Crippen molar-refractivity contribution in [1.29, 1.82) is 0 Å². The Bertz CT molecular complexity index is 635. The molecule has 0 saturated carbocycles. The molecule has 0 radical (unpaired) electrons. The largest absolute Gasteiger partial charge is 0.356 e. The fourth-order valence-corrected chi connectivity index (χ4v) is 3.54. The zero-order valence-corrected chi connectivity index (χ0v) is 17.0.